The summed E-state index contributed by atoms with van der Waals surface area (Å²) in [4.78, 5) is 2.47. The Morgan fingerprint density at radius 3 is 3.00 bits per heavy atom. The molecule has 1 saturated heterocycles. The summed E-state index contributed by atoms with van der Waals surface area (Å²) in [5.74, 6) is 5.95. The van der Waals surface area contributed by atoms with E-state index in [2.05, 4.69) is 35.9 Å². The molecular weight excluding hydrogens is 200 g/mol. The van der Waals surface area contributed by atoms with Crippen LogP contribution in [0.3, 0.4) is 0 Å². The zero-order valence-electron chi connectivity index (χ0n) is 10.8. The largest absolute Gasteiger partial charge is 0.374 e. The van der Waals surface area contributed by atoms with Crippen molar-refractivity contribution in [3.63, 3.8) is 0 Å². The third-order valence-corrected chi connectivity index (χ3v) is 2.88. The van der Waals surface area contributed by atoms with Gasteiger partial charge in [-0.1, -0.05) is 0 Å². The average molecular weight is 224 g/mol. The van der Waals surface area contributed by atoms with Crippen molar-refractivity contribution >= 4 is 0 Å². The molecule has 1 atom stereocenters. The molecule has 0 saturated carbocycles. The first kappa shape index (κ1) is 13.5. The summed E-state index contributed by atoms with van der Waals surface area (Å²) in [7, 11) is 0. The van der Waals surface area contributed by atoms with Gasteiger partial charge in [0.15, 0.2) is 0 Å². The monoisotopic (exact) mass is 224 g/mol. The molecule has 1 aliphatic heterocycles. The van der Waals surface area contributed by atoms with Crippen LogP contribution in [0.15, 0.2) is 0 Å². The molecule has 0 aromatic rings. The molecule has 1 unspecified atom stereocenters. The third kappa shape index (κ3) is 4.98. The van der Waals surface area contributed by atoms with Crippen molar-refractivity contribution in [1.82, 2.24) is 10.2 Å². The van der Waals surface area contributed by atoms with Crippen molar-refractivity contribution in [3.05, 3.63) is 0 Å². The van der Waals surface area contributed by atoms with Gasteiger partial charge < -0.3 is 10.1 Å². The molecule has 0 aromatic heterocycles. The predicted octanol–water partition coefficient (Wildman–Crippen LogP) is 1.10. The van der Waals surface area contributed by atoms with Gasteiger partial charge in [0.05, 0.1) is 12.7 Å². The van der Waals surface area contributed by atoms with E-state index in [4.69, 9.17) is 4.74 Å². The first-order valence-electron chi connectivity index (χ1n) is 6.20. The Bertz CT molecular complexity index is 242. The first-order chi connectivity index (χ1) is 7.74. The lowest BCUT2D eigenvalue weighted by molar-refractivity contribution is -0.0369. The smallest absolute Gasteiger partial charge is 0.0826 e. The highest BCUT2D eigenvalue weighted by Gasteiger charge is 2.21. The number of hydrogen-bond acceptors (Lipinski definition) is 3. The van der Waals surface area contributed by atoms with Gasteiger partial charge in [-0.25, -0.2) is 0 Å². The van der Waals surface area contributed by atoms with Crippen molar-refractivity contribution < 1.29 is 4.74 Å². The number of rotatable bonds is 5. The van der Waals surface area contributed by atoms with Crippen LogP contribution in [-0.4, -0.2) is 49.8 Å². The maximum absolute atomic E-state index is 5.72. The zero-order valence-corrected chi connectivity index (χ0v) is 10.8. The molecule has 1 N–H and O–H groups in total. The van der Waals surface area contributed by atoms with Crippen molar-refractivity contribution in [2.45, 2.75) is 39.3 Å². The van der Waals surface area contributed by atoms with Gasteiger partial charge in [-0.3, -0.25) is 4.90 Å². The SMILES string of the molecule is CC#CCCNCC1CN(C(C)C)CCO1. The molecule has 3 heteroatoms. The van der Waals surface area contributed by atoms with E-state index in [1.54, 1.807) is 0 Å². The Balaban J connectivity index is 2.13. The fourth-order valence-corrected chi connectivity index (χ4v) is 1.87. The first-order valence-corrected chi connectivity index (χ1v) is 6.20. The second-order valence-corrected chi connectivity index (χ2v) is 4.46. The van der Waals surface area contributed by atoms with E-state index in [1.807, 2.05) is 6.92 Å². The maximum atomic E-state index is 5.72. The minimum absolute atomic E-state index is 0.339. The second kappa shape index (κ2) is 7.67. The Hall–Kier alpha value is -0.560. The Morgan fingerprint density at radius 1 is 1.50 bits per heavy atom. The summed E-state index contributed by atoms with van der Waals surface area (Å²) in [6, 6.07) is 0.623. The van der Waals surface area contributed by atoms with Gasteiger partial charge in [0.2, 0.25) is 0 Å². The zero-order chi connectivity index (χ0) is 11.8. The van der Waals surface area contributed by atoms with Crippen LogP contribution in [0.25, 0.3) is 0 Å². The predicted molar refractivity (Wildman–Crippen MR) is 67.4 cm³/mol. The average Bonchev–Trinajstić information content (AvgIpc) is 2.29. The fourth-order valence-electron chi connectivity index (χ4n) is 1.87. The molecule has 0 radical (unpaired) electrons. The van der Waals surface area contributed by atoms with Gasteiger partial charge in [-0.2, -0.15) is 0 Å². The molecule has 0 spiro atoms. The highest BCUT2D eigenvalue weighted by Crippen LogP contribution is 2.07. The van der Waals surface area contributed by atoms with E-state index in [-0.39, 0.29) is 0 Å². The summed E-state index contributed by atoms with van der Waals surface area (Å²) in [6.45, 7) is 11.2. The van der Waals surface area contributed by atoms with Gasteiger partial charge in [0.1, 0.15) is 0 Å². The third-order valence-electron chi connectivity index (χ3n) is 2.88. The summed E-state index contributed by atoms with van der Waals surface area (Å²) in [5.41, 5.74) is 0. The van der Waals surface area contributed by atoms with Crippen LogP contribution in [0.1, 0.15) is 27.2 Å². The maximum Gasteiger partial charge on any atom is 0.0826 e. The normalized spacial score (nSPS) is 21.9. The highest BCUT2D eigenvalue weighted by atomic mass is 16.5. The van der Waals surface area contributed by atoms with E-state index in [9.17, 15) is 0 Å². The molecule has 1 heterocycles. The van der Waals surface area contributed by atoms with Crippen LogP contribution in [0.4, 0.5) is 0 Å². The molecular formula is C13H24N2O. The molecule has 0 aromatic carbocycles. The van der Waals surface area contributed by atoms with Crippen molar-refractivity contribution in [3.8, 4) is 11.8 Å². The van der Waals surface area contributed by atoms with Gasteiger partial charge in [0.25, 0.3) is 0 Å². The van der Waals surface area contributed by atoms with Gasteiger partial charge in [0, 0.05) is 38.6 Å². The van der Waals surface area contributed by atoms with E-state index in [0.717, 1.165) is 39.2 Å². The van der Waals surface area contributed by atoms with Gasteiger partial charge in [-0.15, -0.1) is 11.8 Å². The molecule has 92 valence electrons. The molecule has 1 fully saturated rings. The molecule has 0 amide bonds. The van der Waals surface area contributed by atoms with Crippen molar-refractivity contribution in [1.29, 1.82) is 0 Å². The number of nitrogens with zero attached hydrogens (tertiary/aromatic N) is 1. The highest BCUT2D eigenvalue weighted by molar-refractivity contribution is 4.95. The van der Waals surface area contributed by atoms with Crippen LogP contribution in [-0.2, 0) is 4.74 Å². The van der Waals surface area contributed by atoms with E-state index < -0.39 is 0 Å². The van der Waals surface area contributed by atoms with E-state index in [0.29, 0.717) is 12.1 Å². The van der Waals surface area contributed by atoms with Gasteiger partial charge >= 0.3 is 0 Å². The lowest BCUT2D eigenvalue weighted by Gasteiger charge is -2.35. The molecule has 3 nitrogen and oxygen atoms in total. The van der Waals surface area contributed by atoms with Crippen LogP contribution in [0.5, 0.6) is 0 Å². The number of morpholine rings is 1. The molecule has 1 aliphatic rings. The summed E-state index contributed by atoms with van der Waals surface area (Å²) >= 11 is 0. The van der Waals surface area contributed by atoms with Crippen LogP contribution < -0.4 is 5.32 Å². The Labute approximate surface area is 99.5 Å². The van der Waals surface area contributed by atoms with Crippen LogP contribution in [0.2, 0.25) is 0 Å². The quantitative estimate of drug-likeness (QED) is 0.559. The van der Waals surface area contributed by atoms with E-state index in [1.165, 1.54) is 0 Å². The van der Waals surface area contributed by atoms with E-state index >= 15 is 0 Å². The molecule has 1 rings (SSSR count). The van der Waals surface area contributed by atoms with Crippen LogP contribution in [0, 0.1) is 11.8 Å². The minimum atomic E-state index is 0.339. The topological polar surface area (TPSA) is 24.5 Å². The summed E-state index contributed by atoms with van der Waals surface area (Å²) in [5, 5.41) is 3.40. The van der Waals surface area contributed by atoms with Crippen molar-refractivity contribution in [2.75, 3.05) is 32.8 Å². The summed E-state index contributed by atoms with van der Waals surface area (Å²) < 4.78 is 5.72. The standard InChI is InChI=1S/C13H24N2O/c1-4-5-6-7-14-10-13-11-15(12(2)3)8-9-16-13/h12-14H,6-11H2,1-3H3. The Morgan fingerprint density at radius 2 is 2.31 bits per heavy atom. The van der Waals surface area contributed by atoms with Gasteiger partial charge in [-0.05, 0) is 20.8 Å². The van der Waals surface area contributed by atoms with Crippen molar-refractivity contribution in [2.24, 2.45) is 0 Å². The van der Waals surface area contributed by atoms with Crippen LogP contribution >= 0.6 is 0 Å². The number of hydrogen-bond donors (Lipinski definition) is 1. The lowest BCUT2D eigenvalue weighted by Crippen LogP contribution is -2.49. The summed E-state index contributed by atoms with van der Waals surface area (Å²) in [6.07, 6.45) is 1.27. The lowest BCUT2D eigenvalue weighted by atomic mass is 10.2. The molecule has 16 heavy (non-hydrogen) atoms. The number of ether oxygens (including phenoxy) is 1. The Kier molecular flexibility index (Phi) is 6.47. The second-order valence-electron chi connectivity index (χ2n) is 4.46. The molecule has 0 bridgehead atoms. The number of nitrogens with one attached hydrogen (secondary N) is 1. The fraction of sp³-hybridized carbons (Fsp3) is 0.846. The molecule has 0 aliphatic carbocycles. The minimum Gasteiger partial charge on any atom is -0.374 e.